The van der Waals surface area contributed by atoms with Crippen LogP contribution in [0.3, 0.4) is 0 Å². The maximum atomic E-state index is 13.5. The number of rotatable bonds is 3. The van der Waals surface area contributed by atoms with Gasteiger partial charge in [0.15, 0.2) is 5.96 Å². The van der Waals surface area contributed by atoms with Gasteiger partial charge in [0.05, 0.1) is 6.54 Å². The van der Waals surface area contributed by atoms with Crippen molar-refractivity contribution >= 4 is 11.6 Å². The molecule has 3 nitrogen and oxygen atoms in total. The van der Waals surface area contributed by atoms with Crippen molar-refractivity contribution in [2.24, 2.45) is 10.7 Å². The number of fused-ring (bicyclic) bond motifs is 1. The largest absolute Gasteiger partial charge is 0.370 e. The van der Waals surface area contributed by atoms with Crippen molar-refractivity contribution in [1.29, 1.82) is 0 Å². The fourth-order valence-electron chi connectivity index (χ4n) is 2.67. The van der Waals surface area contributed by atoms with Crippen LogP contribution < -0.4 is 11.1 Å². The third-order valence-corrected chi connectivity index (χ3v) is 3.80. The summed E-state index contributed by atoms with van der Waals surface area (Å²) in [7, 11) is 0. The molecule has 1 aliphatic carbocycles. The molecule has 0 radical (unpaired) electrons. The molecule has 3 N–H and O–H groups in total. The molecule has 0 heterocycles. The maximum Gasteiger partial charge on any atom is 0.193 e. The number of guanidine groups is 1. The second-order valence-corrected chi connectivity index (χ2v) is 5.40. The Bertz CT molecular complexity index is 726. The summed E-state index contributed by atoms with van der Waals surface area (Å²) >= 11 is 0. The van der Waals surface area contributed by atoms with Crippen molar-refractivity contribution in [1.82, 2.24) is 0 Å². The van der Waals surface area contributed by atoms with E-state index in [9.17, 15) is 8.78 Å². The fourth-order valence-corrected chi connectivity index (χ4v) is 2.67. The topological polar surface area (TPSA) is 50.4 Å². The number of hydrogen-bond donors (Lipinski definition) is 2. The zero-order valence-electron chi connectivity index (χ0n) is 12.1. The van der Waals surface area contributed by atoms with Gasteiger partial charge >= 0.3 is 0 Å². The molecule has 0 amide bonds. The van der Waals surface area contributed by atoms with Gasteiger partial charge in [-0.25, -0.2) is 13.8 Å². The number of aliphatic imine (C=N–C) groups is 1. The Hall–Kier alpha value is -2.43. The van der Waals surface area contributed by atoms with Crippen molar-refractivity contribution in [3.8, 4) is 0 Å². The molecule has 5 heteroatoms. The van der Waals surface area contributed by atoms with E-state index in [1.807, 2.05) is 6.07 Å². The van der Waals surface area contributed by atoms with E-state index in [4.69, 9.17) is 5.73 Å². The first kappa shape index (κ1) is 14.5. The molecule has 0 aromatic heterocycles. The summed E-state index contributed by atoms with van der Waals surface area (Å²) in [4.78, 5) is 4.06. The zero-order valence-corrected chi connectivity index (χ0v) is 12.1. The van der Waals surface area contributed by atoms with Crippen LogP contribution in [0.4, 0.5) is 14.5 Å². The summed E-state index contributed by atoms with van der Waals surface area (Å²) in [6, 6.07) is 9.40. The highest BCUT2D eigenvalue weighted by molar-refractivity contribution is 5.92. The molecule has 2 aromatic carbocycles. The lowest BCUT2D eigenvalue weighted by Gasteiger charge is -2.08. The summed E-state index contributed by atoms with van der Waals surface area (Å²) in [5.74, 6) is -0.797. The predicted octanol–water partition coefficient (Wildman–Crippen LogP) is 3.38. The highest BCUT2D eigenvalue weighted by atomic mass is 19.1. The van der Waals surface area contributed by atoms with Gasteiger partial charge < -0.3 is 11.1 Å². The third-order valence-electron chi connectivity index (χ3n) is 3.80. The molecule has 0 bridgehead atoms. The predicted molar refractivity (Wildman–Crippen MR) is 83.8 cm³/mol. The number of nitrogens with two attached hydrogens (primary N) is 1. The normalized spacial score (nSPS) is 14.0. The van der Waals surface area contributed by atoms with Gasteiger partial charge in [-0.05, 0) is 60.7 Å². The van der Waals surface area contributed by atoms with Crippen LogP contribution >= 0.6 is 0 Å². The fraction of sp³-hybridized carbons (Fsp3) is 0.235. The Balaban J connectivity index is 1.68. The van der Waals surface area contributed by atoms with Crippen molar-refractivity contribution in [3.63, 3.8) is 0 Å². The minimum Gasteiger partial charge on any atom is -0.370 e. The molecule has 0 unspecified atom stereocenters. The van der Waals surface area contributed by atoms with Crippen molar-refractivity contribution < 1.29 is 8.78 Å². The molecule has 114 valence electrons. The van der Waals surface area contributed by atoms with E-state index in [-0.39, 0.29) is 18.1 Å². The smallest absolute Gasteiger partial charge is 0.193 e. The molecule has 0 aliphatic heterocycles. The lowest BCUT2D eigenvalue weighted by atomic mass is 10.1. The Morgan fingerprint density at radius 1 is 1.09 bits per heavy atom. The molecular formula is C17H17F2N3. The van der Waals surface area contributed by atoms with Gasteiger partial charge in [-0.3, -0.25) is 0 Å². The molecule has 2 aromatic rings. The molecular weight excluding hydrogens is 284 g/mol. The lowest BCUT2D eigenvalue weighted by molar-refractivity contribution is 0.586. The van der Waals surface area contributed by atoms with Crippen molar-refractivity contribution in [2.45, 2.75) is 25.8 Å². The summed E-state index contributed by atoms with van der Waals surface area (Å²) < 4.78 is 26.6. The second-order valence-electron chi connectivity index (χ2n) is 5.40. The second kappa shape index (κ2) is 6.13. The van der Waals surface area contributed by atoms with Crippen molar-refractivity contribution in [2.75, 3.05) is 5.32 Å². The van der Waals surface area contributed by atoms with Gasteiger partial charge in [-0.15, -0.1) is 0 Å². The monoisotopic (exact) mass is 301 g/mol. The van der Waals surface area contributed by atoms with E-state index < -0.39 is 11.6 Å². The lowest BCUT2D eigenvalue weighted by Crippen LogP contribution is -2.22. The standard InChI is InChI=1S/C17H17F2N3/c18-14-5-7-16(19)13(8-14)10-21-17(20)22-15-6-4-11-2-1-3-12(11)9-15/h4-9H,1-3,10H2,(H3,20,21,22). The van der Waals surface area contributed by atoms with Gasteiger partial charge in [0.2, 0.25) is 0 Å². The Morgan fingerprint density at radius 3 is 2.77 bits per heavy atom. The SMILES string of the molecule is NC(=NCc1cc(F)ccc1F)Nc1ccc2c(c1)CCC2. The zero-order chi connectivity index (χ0) is 15.5. The molecule has 0 atom stereocenters. The summed E-state index contributed by atoms with van der Waals surface area (Å²) in [5, 5.41) is 2.99. The van der Waals surface area contributed by atoms with E-state index in [1.54, 1.807) is 0 Å². The van der Waals surface area contributed by atoms with Crippen LogP contribution in [-0.4, -0.2) is 5.96 Å². The number of nitrogens with zero attached hydrogens (tertiary/aromatic N) is 1. The number of nitrogens with one attached hydrogen (secondary N) is 1. The van der Waals surface area contributed by atoms with E-state index in [2.05, 4.69) is 22.4 Å². The van der Waals surface area contributed by atoms with Crippen LogP contribution in [-0.2, 0) is 19.4 Å². The van der Waals surface area contributed by atoms with Crippen LogP contribution in [0.25, 0.3) is 0 Å². The van der Waals surface area contributed by atoms with Crippen molar-refractivity contribution in [3.05, 3.63) is 64.7 Å². The summed E-state index contributed by atoms with van der Waals surface area (Å²) in [6.45, 7) is -0.00658. The van der Waals surface area contributed by atoms with Crippen LogP contribution in [0.2, 0.25) is 0 Å². The molecule has 22 heavy (non-hydrogen) atoms. The van der Waals surface area contributed by atoms with E-state index in [1.165, 1.54) is 17.5 Å². The van der Waals surface area contributed by atoms with Crippen LogP contribution in [0.1, 0.15) is 23.1 Å². The molecule has 0 fully saturated rings. The average Bonchev–Trinajstić information content (AvgIpc) is 2.96. The van der Waals surface area contributed by atoms with Gasteiger partial charge in [0.1, 0.15) is 11.6 Å². The molecule has 1 aliphatic rings. The highest BCUT2D eigenvalue weighted by Gasteiger charge is 2.11. The number of hydrogen-bond acceptors (Lipinski definition) is 1. The minimum atomic E-state index is -0.490. The van der Waals surface area contributed by atoms with Gasteiger partial charge in [0, 0.05) is 11.3 Å². The number of halogens is 2. The van der Waals surface area contributed by atoms with Gasteiger partial charge in [-0.1, -0.05) is 6.07 Å². The van der Waals surface area contributed by atoms with Gasteiger partial charge in [-0.2, -0.15) is 0 Å². The number of benzene rings is 2. The molecule has 0 spiro atoms. The number of aryl methyl sites for hydroxylation is 2. The Morgan fingerprint density at radius 2 is 1.91 bits per heavy atom. The van der Waals surface area contributed by atoms with E-state index in [0.717, 1.165) is 36.7 Å². The Labute approximate surface area is 127 Å². The average molecular weight is 301 g/mol. The highest BCUT2D eigenvalue weighted by Crippen LogP contribution is 2.24. The molecule has 0 saturated heterocycles. The molecule has 0 saturated carbocycles. The first-order valence-corrected chi connectivity index (χ1v) is 7.24. The maximum absolute atomic E-state index is 13.5. The third kappa shape index (κ3) is 3.24. The number of anilines is 1. The summed E-state index contributed by atoms with van der Waals surface area (Å²) in [5.41, 5.74) is 9.56. The van der Waals surface area contributed by atoms with Gasteiger partial charge in [0.25, 0.3) is 0 Å². The van der Waals surface area contributed by atoms with Crippen LogP contribution in [0.5, 0.6) is 0 Å². The Kier molecular flexibility index (Phi) is 4.04. The van der Waals surface area contributed by atoms with E-state index >= 15 is 0 Å². The summed E-state index contributed by atoms with van der Waals surface area (Å²) in [6.07, 6.45) is 3.38. The minimum absolute atomic E-state index is 0.00658. The van der Waals surface area contributed by atoms with Crippen LogP contribution in [0.15, 0.2) is 41.4 Å². The molecule has 3 rings (SSSR count). The van der Waals surface area contributed by atoms with E-state index in [0.29, 0.717) is 0 Å². The first-order valence-electron chi connectivity index (χ1n) is 7.24. The quantitative estimate of drug-likeness (QED) is 0.674. The van der Waals surface area contributed by atoms with Crippen LogP contribution in [0, 0.1) is 11.6 Å². The first-order chi connectivity index (χ1) is 10.6.